The van der Waals surface area contributed by atoms with Gasteiger partial charge in [0.05, 0.1) is 11.8 Å². The molecule has 1 N–H and O–H groups in total. The highest BCUT2D eigenvalue weighted by molar-refractivity contribution is 5.97. The molecule has 11 heteroatoms. The number of rotatable bonds is 7. The maximum Gasteiger partial charge on any atom is 0.433 e. The molecule has 9 nitrogen and oxygen atoms in total. The monoisotopic (exact) mass is 370 g/mol. The Balaban J connectivity index is 2.01. The Labute approximate surface area is 144 Å². The van der Waals surface area contributed by atoms with Gasteiger partial charge in [-0.05, 0) is 25.1 Å². The van der Waals surface area contributed by atoms with Crippen molar-refractivity contribution in [1.82, 2.24) is 0 Å². The zero-order valence-electron chi connectivity index (χ0n) is 13.2. The third-order valence-electron chi connectivity index (χ3n) is 2.99. The average Bonchev–Trinajstić information content (AvgIpc) is 3.06. The van der Waals surface area contributed by atoms with E-state index in [4.69, 9.17) is 4.74 Å². The molecule has 1 aromatic heterocycles. The molecular weight excluding hydrogens is 358 g/mol. The molecule has 0 radical (unpaired) electrons. The maximum absolute atomic E-state index is 12.4. The van der Waals surface area contributed by atoms with Gasteiger partial charge < -0.3 is 19.2 Å². The summed E-state index contributed by atoms with van der Waals surface area (Å²) >= 11 is 0. The number of halogens is 2. The number of anilines is 1. The normalized spacial score (nSPS) is 11.7. The number of esters is 1. The summed E-state index contributed by atoms with van der Waals surface area (Å²) in [7, 11) is 0. The van der Waals surface area contributed by atoms with Crippen molar-refractivity contribution < 1.29 is 37.2 Å². The van der Waals surface area contributed by atoms with Gasteiger partial charge in [0, 0.05) is 0 Å². The van der Waals surface area contributed by atoms with Crippen LogP contribution in [-0.2, 0) is 9.53 Å². The van der Waals surface area contributed by atoms with Crippen LogP contribution < -0.4 is 10.1 Å². The van der Waals surface area contributed by atoms with Crippen LogP contribution in [0.15, 0.2) is 40.8 Å². The van der Waals surface area contributed by atoms with Crippen LogP contribution >= 0.6 is 0 Å². The summed E-state index contributed by atoms with van der Waals surface area (Å²) in [5.41, 5.74) is -0.0469. The van der Waals surface area contributed by atoms with Crippen LogP contribution in [0.3, 0.4) is 0 Å². The number of para-hydroxylation sites is 2. The Morgan fingerprint density at radius 2 is 1.92 bits per heavy atom. The molecule has 0 bridgehead atoms. The molecule has 0 aliphatic rings. The van der Waals surface area contributed by atoms with Crippen LogP contribution in [0.1, 0.15) is 17.5 Å². The lowest BCUT2D eigenvalue weighted by Gasteiger charge is -2.15. The van der Waals surface area contributed by atoms with Gasteiger partial charge >= 0.3 is 18.5 Å². The largest absolute Gasteiger partial charge is 0.447 e. The molecule has 1 atom stereocenters. The molecule has 0 spiro atoms. The lowest BCUT2D eigenvalue weighted by atomic mass is 10.2. The van der Waals surface area contributed by atoms with E-state index in [2.05, 4.69) is 14.5 Å². The van der Waals surface area contributed by atoms with Gasteiger partial charge in [-0.25, -0.2) is 4.79 Å². The van der Waals surface area contributed by atoms with E-state index in [0.717, 1.165) is 12.1 Å². The summed E-state index contributed by atoms with van der Waals surface area (Å²) in [4.78, 5) is 33.5. The molecule has 2 aromatic rings. The number of carbonyl (C=O) groups excluding carboxylic acids is 2. The first-order valence-electron chi connectivity index (χ1n) is 7.08. The first-order chi connectivity index (χ1) is 12.3. The molecule has 1 heterocycles. The van der Waals surface area contributed by atoms with E-state index in [1.807, 2.05) is 0 Å². The molecule has 0 aliphatic heterocycles. The zero-order valence-corrected chi connectivity index (χ0v) is 13.2. The fourth-order valence-electron chi connectivity index (χ4n) is 1.81. The SMILES string of the molecule is C[C@@H](OC(=O)c1ccc([N+](=O)[O-])o1)C(=O)Nc1ccccc1OC(F)F. The van der Waals surface area contributed by atoms with Crippen LogP contribution in [0.2, 0.25) is 0 Å². The fraction of sp³-hybridized carbons (Fsp3) is 0.200. The lowest BCUT2D eigenvalue weighted by Crippen LogP contribution is -2.30. The number of alkyl halides is 2. The van der Waals surface area contributed by atoms with E-state index in [0.29, 0.717) is 0 Å². The number of amides is 1. The summed E-state index contributed by atoms with van der Waals surface area (Å²) in [6, 6.07) is 7.43. The second-order valence-electron chi connectivity index (χ2n) is 4.81. The third-order valence-corrected chi connectivity index (χ3v) is 2.99. The van der Waals surface area contributed by atoms with Gasteiger partial charge in [-0.1, -0.05) is 12.1 Å². The van der Waals surface area contributed by atoms with E-state index >= 15 is 0 Å². The maximum atomic E-state index is 12.4. The minimum atomic E-state index is -3.09. The Kier molecular flexibility index (Phi) is 5.83. The Morgan fingerprint density at radius 1 is 1.23 bits per heavy atom. The van der Waals surface area contributed by atoms with Crippen LogP contribution in [0.5, 0.6) is 5.75 Å². The van der Waals surface area contributed by atoms with E-state index in [1.54, 1.807) is 0 Å². The standard InChI is InChI=1S/C15H12F2N2O7/c1-8(24-14(21)11-6-7-12(25-11)19(22)23)13(20)18-9-4-2-3-5-10(9)26-15(16)17/h2-8,15H,1H3,(H,18,20)/t8-/m1/s1. The van der Waals surface area contributed by atoms with Gasteiger partial charge in [0.25, 0.3) is 5.91 Å². The van der Waals surface area contributed by atoms with Crippen molar-refractivity contribution in [2.75, 3.05) is 5.32 Å². The number of ether oxygens (including phenoxy) is 2. The minimum Gasteiger partial charge on any atom is -0.447 e. The Hall–Kier alpha value is -3.50. The quantitative estimate of drug-likeness (QED) is 0.452. The van der Waals surface area contributed by atoms with E-state index in [1.165, 1.54) is 31.2 Å². The Bertz CT molecular complexity index is 822. The summed E-state index contributed by atoms with van der Waals surface area (Å²) in [5, 5.41) is 12.8. The molecule has 26 heavy (non-hydrogen) atoms. The van der Waals surface area contributed by atoms with Crippen molar-refractivity contribution >= 4 is 23.4 Å². The predicted octanol–water partition coefficient (Wildman–Crippen LogP) is 2.97. The first-order valence-corrected chi connectivity index (χ1v) is 7.08. The summed E-state index contributed by atoms with van der Waals surface area (Å²) in [6.07, 6.45) is -1.34. The lowest BCUT2D eigenvalue weighted by molar-refractivity contribution is -0.402. The van der Waals surface area contributed by atoms with E-state index < -0.39 is 41.2 Å². The number of nitrogens with one attached hydrogen (secondary N) is 1. The van der Waals surface area contributed by atoms with Crippen molar-refractivity contribution in [3.63, 3.8) is 0 Å². The van der Waals surface area contributed by atoms with Gasteiger partial charge in [-0.2, -0.15) is 8.78 Å². The van der Waals surface area contributed by atoms with E-state index in [-0.39, 0.29) is 11.4 Å². The number of furan rings is 1. The number of nitrogens with zero attached hydrogens (tertiary/aromatic N) is 1. The molecule has 0 saturated heterocycles. The van der Waals surface area contributed by atoms with Crippen molar-refractivity contribution in [2.45, 2.75) is 19.6 Å². The molecule has 2 rings (SSSR count). The molecule has 1 aromatic carbocycles. The van der Waals surface area contributed by atoms with Crippen molar-refractivity contribution in [3.05, 3.63) is 52.3 Å². The number of benzene rings is 1. The van der Waals surface area contributed by atoms with Crippen molar-refractivity contribution in [1.29, 1.82) is 0 Å². The number of hydrogen-bond donors (Lipinski definition) is 1. The predicted molar refractivity (Wildman–Crippen MR) is 81.9 cm³/mol. The second kappa shape index (κ2) is 8.05. The van der Waals surface area contributed by atoms with Crippen LogP contribution in [0.4, 0.5) is 20.4 Å². The smallest absolute Gasteiger partial charge is 0.433 e. The fourth-order valence-corrected chi connectivity index (χ4v) is 1.81. The molecule has 138 valence electrons. The molecule has 0 fully saturated rings. The molecule has 1 amide bonds. The summed E-state index contributed by atoms with van der Waals surface area (Å²) in [5.74, 6) is -3.32. The van der Waals surface area contributed by atoms with Gasteiger partial charge in [0.1, 0.15) is 10.7 Å². The summed E-state index contributed by atoms with van der Waals surface area (Å²) < 4.78 is 38.5. The molecule has 0 aliphatic carbocycles. The highest BCUT2D eigenvalue weighted by atomic mass is 19.3. The highest BCUT2D eigenvalue weighted by Crippen LogP contribution is 2.26. The first kappa shape index (κ1) is 18.8. The van der Waals surface area contributed by atoms with Crippen LogP contribution in [0, 0.1) is 10.1 Å². The number of hydrogen-bond acceptors (Lipinski definition) is 7. The zero-order chi connectivity index (χ0) is 19.3. The highest BCUT2D eigenvalue weighted by Gasteiger charge is 2.24. The summed E-state index contributed by atoms with van der Waals surface area (Å²) in [6.45, 7) is -1.86. The van der Waals surface area contributed by atoms with Crippen molar-refractivity contribution in [2.24, 2.45) is 0 Å². The Morgan fingerprint density at radius 3 is 2.54 bits per heavy atom. The van der Waals surface area contributed by atoms with E-state index in [9.17, 15) is 28.5 Å². The van der Waals surface area contributed by atoms with Gasteiger partial charge in [0.2, 0.25) is 5.76 Å². The third kappa shape index (κ3) is 4.75. The topological polar surface area (TPSA) is 121 Å². The van der Waals surface area contributed by atoms with Crippen LogP contribution in [0.25, 0.3) is 0 Å². The van der Waals surface area contributed by atoms with Crippen LogP contribution in [-0.4, -0.2) is 29.5 Å². The molecule has 0 saturated carbocycles. The van der Waals surface area contributed by atoms with Gasteiger partial charge in [-0.15, -0.1) is 0 Å². The molecular formula is C15H12F2N2O7. The van der Waals surface area contributed by atoms with Gasteiger partial charge in [0.15, 0.2) is 6.10 Å². The number of nitro groups is 1. The van der Waals surface area contributed by atoms with Crippen molar-refractivity contribution in [3.8, 4) is 5.75 Å². The number of carbonyl (C=O) groups is 2. The average molecular weight is 370 g/mol. The second-order valence-corrected chi connectivity index (χ2v) is 4.81. The van der Waals surface area contributed by atoms with Gasteiger partial charge in [-0.3, -0.25) is 14.9 Å². The minimum absolute atomic E-state index is 0.0469. The molecule has 0 unspecified atom stereocenters.